The van der Waals surface area contributed by atoms with Crippen LogP contribution in [0.25, 0.3) is 10.9 Å². The maximum Gasteiger partial charge on any atom is 0.316 e. The molecule has 2 aromatic carbocycles. The van der Waals surface area contributed by atoms with Gasteiger partial charge >= 0.3 is 6.03 Å². The van der Waals surface area contributed by atoms with Crippen LogP contribution in [0.4, 0.5) is 16.3 Å². The highest BCUT2D eigenvalue weighted by atomic mass is 79.9. The van der Waals surface area contributed by atoms with Crippen molar-refractivity contribution in [2.45, 2.75) is 6.54 Å². The van der Waals surface area contributed by atoms with E-state index in [9.17, 15) is 4.79 Å². The monoisotopic (exact) mass is 370 g/mol. The van der Waals surface area contributed by atoms with Crippen LogP contribution in [0.1, 0.15) is 5.56 Å². The number of rotatable bonds is 4. The fourth-order valence-electron chi connectivity index (χ4n) is 2.25. The molecule has 0 aliphatic carbocycles. The molecule has 1 heterocycles. The van der Waals surface area contributed by atoms with Gasteiger partial charge in [0.2, 0.25) is 0 Å². The molecule has 6 heteroatoms. The first-order chi connectivity index (χ1) is 11.1. The number of hydrogen-bond acceptors (Lipinski definition) is 3. The molecule has 4 N–H and O–H groups in total. The summed E-state index contributed by atoms with van der Waals surface area (Å²) in [6, 6.07) is 16.9. The van der Waals surface area contributed by atoms with Crippen molar-refractivity contribution in [1.29, 1.82) is 0 Å². The van der Waals surface area contributed by atoms with Crippen LogP contribution in [0.5, 0.6) is 0 Å². The summed E-state index contributed by atoms with van der Waals surface area (Å²) in [4.78, 5) is 15.4. The largest absolute Gasteiger partial charge is 0.366 e. The Morgan fingerprint density at radius 2 is 1.87 bits per heavy atom. The number of nitrogens with two attached hydrogens (primary N) is 1. The molecular weight excluding hydrogens is 356 g/mol. The molecule has 0 radical (unpaired) electrons. The Balaban J connectivity index is 1.70. The predicted molar refractivity (Wildman–Crippen MR) is 96.4 cm³/mol. The maximum absolute atomic E-state index is 10.8. The molecule has 0 fully saturated rings. The lowest BCUT2D eigenvalue weighted by Crippen LogP contribution is -2.19. The van der Waals surface area contributed by atoms with Crippen molar-refractivity contribution in [3.05, 3.63) is 64.6 Å². The van der Waals surface area contributed by atoms with E-state index in [2.05, 4.69) is 31.5 Å². The lowest BCUT2D eigenvalue weighted by atomic mass is 10.2. The first-order valence-electron chi connectivity index (χ1n) is 7.06. The second kappa shape index (κ2) is 6.66. The number of amides is 2. The SMILES string of the molecule is NC(=O)Nc1ccc(CNc2ccc3cccc(Br)c3n2)cc1. The van der Waals surface area contributed by atoms with E-state index in [1.54, 1.807) is 0 Å². The number of urea groups is 1. The zero-order chi connectivity index (χ0) is 16.2. The number of fused-ring (bicyclic) bond motifs is 1. The van der Waals surface area contributed by atoms with Crippen LogP contribution in [0.3, 0.4) is 0 Å². The minimum Gasteiger partial charge on any atom is -0.366 e. The second-order valence-corrected chi connectivity index (χ2v) is 5.90. The van der Waals surface area contributed by atoms with Gasteiger partial charge in [0.15, 0.2) is 0 Å². The van der Waals surface area contributed by atoms with Gasteiger partial charge in [0.05, 0.1) is 5.52 Å². The highest BCUT2D eigenvalue weighted by Gasteiger charge is 2.02. The van der Waals surface area contributed by atoms with Crippen LogP contribution in [-0.2, 0) is 6.54 Å². The van der Waals surface area contributed by atoms with Gasteiger partial charge in [0.1, 0.15) is 5.82 Å². The number of para-hydroxylation sites is 1. The second-order valence-electron chi connectivity index (χ2n) is 5.05. The summed E-state index contributed by atoms with van der Waals surface area (Å²) in [5, 5.41) is 6.92. The third-order valence-electron chi connectivity index (χ3n) is 3.37. The van der Waals surface area contributed by atoms with Crippen LogP contribution in [-0.4, -0.2) is 11.0 Å². The van der Waals surface area contributed by atoms with Gasteiger partial charge in [0.25, 0.3) is 0 Å². The molecule has 0 aliphatic heterocycles. The van der Waals surface area contributed by atoms with Gasteiger partial charge in [-0.25, -0.2) is 9.78 Å². The minimum absolute atomic E-state index is 0.568. The van der Waals surface area contributed by atoms with Gasteiger partial charge in [0, 0.05) is 22.1 Å². The van der Waals surface area contributed by atoms with Crippen LogP contribution in [0, 0.1) is 0 Å². The number of benzene rings is 2. The number of nitrogens with zero attached hydrogens (tertiary/aromatic N) is 1. The summed E-state index contributed by atoms with van der Waals surface area (Å²) in [6.45, 7) is 0.639. The number of nitrogens with one attached hydrogen (secondary N) is 2. The summed E-state index contributed by atoms with van der Waals surface area (Å²) < 4.78 is 0.973. The van der Waals surface area contributed by atoms with E-state index >= 15 is 0 Å². The maximum atomic E-state index is 10.8. The Kier molecular flexibility index (Phi) is 4.43. The van der Waals surface area contributed by atoms with Crippen LogP contribution < -0.4 is 16.4 Å². The van der Waals surface area contributed by atoms with Crippen molar-refractivity contribution in [2.24, 2.45) is 5.73 Å². The number of hydrogen-bond donors (Lipinski definition) is 3. The minimum atomic E-state index is -0.568. The number of pyridine rings is 1. The molecule has 23 heavy (non-hydrogen) atoms. The Bertz CT molecular complexity index is 849. The Morgan fingerprint density at radius 1 is 1.09 bits per heavy atom. The van der Waals surface area contributed by atoms with E-state index < -0.39 is 6.03 Å². The Morgan fingerprint density at radius 3 is 2.61 bits per heavy atom. The van der Waals surface area contributed by atoms with Crippen molar-refractivity contribution >= 4 is 44.4 Å². The highest BCUT2D eigenvalue weighted by molar-refractivity contribution is 9.10. The molecule has 0 spiro atoms. The average molecular weight is 371 g/mol. The molecule has 0 saturated heterocycles. The standard InChI is InChI=1S/C17H15BrN4O/c18-14-3-1-2-12-6-9-15(22-16(12)14)20-10-11-4-7-13(8-5-11)21-17(19)23/h1-9H,10H2,(H,20,22)(H3,19,21,23). The van der Waals surface area contributed by atoms with E-state index in [1.165, 1.54) is 0 Å². The summed E-state index contributed by atoms with van der Waals surface area (Å²) in [7, 11) is 0. The third-order valence-corrected chi connectivity index (χ3v) is 4.01. The first-order valence-corrected chi connectivity index (χ1v) is 7.86. The number of carbonyl (C=O) groups excluding carboxylic acids is 1. The number of aromatic nitrogens is 1. The molecule has 3 rings (SSSR count). The zero-order valence-corrected chi connectivity index (χ0v) is 13.8. The summed E-state index contributed by atoms with van der Waals surface area (Å²) in [5.41, 5.74) is 7.76. The zero-order valence-electron chi connectivity index (χ0n) is 12.2. The molecule has 1 aromatic heterocycles. The fourth-order valence-corrected chi connectivity index (χ4v) is 2.72. The van der Waals surface area contributed by atoms with E-state index in [0.717, 1.165) is 26.8 Å². The van der Waals surface area contributed by atoms with Gasteiger partial charge in [-0.05, 0) is 51.8 Å². The molecule has 0 bridgehead atoms. The summed E-state index contributed by atoms with van der Waals surface area (Å²) >= 11 is 3.52. The van der Waals surface area contributed by atoms with Gasteiger partial charge in [-0.1, -0.05) is 24.3 Å². The van der Waals surface area contributed by atoms with Crippen molar-refractivity contribution in [3.63, 3.8) is 0 Å². The summed E-state index contributed by atoms with van der Waals surface area (Å²) in [5.74, 6) is 0.809. The Hall–Kier alpha value is -2.60. The molecule has 3 aromatic rings. The molecule has 2 amide bonds. The molecule has 0 aliphatic rings. The fraction of sp³-hybridized carbons (Fsp3) is 0.0588. The predicted octanol–water partition coefficient (Wildman–Crippen LogP) is 4.10. The van der Waals surface area contributed by atoms with Crippen molar-refractivity contribution in [3.8, 4) is 0 Å². The molecule has 0 saturated carbocycles. The van der Waals surface area contributed by atoms with Crippen LogP contribution in [0.15, 0.2) is 59.1 Å². The number of carbonyl (C=O) groups is 1. The van der Waals surface area contributed by atoms with E-state index in [1.807, 2.05) is 54.6 Å². The number of primary amides is 1. The number of anilines is 2. The molecule has 116 valence electrons. The van der Waals surface area contributed by atoms with E-state index in [0.29, 0.717) is 12.2 Å². The van der Waals surface area contributed by atoms with E-state index in [4.69, 9.17) is 5.73 Å². The van der Waals surface area contributed by atoms with Gasteiger partial charge in [-0.15, -0.1) is 0 Å². The lowest BCUT2D eigenvalue weighted by Gasteiger charge is -2.08. The van der Waals surface area contributed by atoms with Gasteiger partial charge in [-0.3, -0.25) is 0 Å². The molecule has 0 unspecified atom stereocenters. The Labute approximate surface area is 142 Å². The smallest absolute Gasteiger partial charge is 0.316 e. The highest BCUT2D eigenvalue weighted by Crippen LogP contribution is 2.23. The normalized spacial score (nSPS) is 10.5. The molecular formula is C17H15BrN4O. The quantitative estimate of drug-likeness (QED) is 0.646. The van der Waals surface area contributed by atoms with E-state index in [-0.39, 0.29) is 0 Å². The topological polar surface area (TPSA) is 80.0 Å². The van der Waals surface area contributed by atoms with Crippen molar-refractivity contribution in [1.82, 2.24) is 4.98 Å². The van der Waals surface area contributed by atoms with Crippen LogP contribution in [0.2, 0.25) is 0 Å². The van der Waals surface area contributed by atoms with Gasteiger partial charge < -0.3 is 16.4 Å². The van der Waals surface area contributed by atoms with Crippen molar-refractivity contribution < 1.29 is 4.79 Å². The summed E-state index contributed by atoms with van der Waals surface area (Å²) in [6.07, 6.45) is 0. The third kappa shape index (κ3) is 3.78. The van der Waals surface area contributed by atoms with Crippen LogP contribution >= 0.6 is 15.9 Å². The number of halogens is 1. The first kappa shape index (κ1) is 15.3. The lowest BCUT2D eigenvalue weighted by molar-refractivity contribution is 0.259. The molecule has 0 atom stereocenters. The van der Waals surface area contributed by atoms with Crippen molar-refractivity contribution in [2.75, 3.05) is 10.6 Å². The average Bonchev–Trinajstić information content (AvgIpc) is 2.54. The van der Waals surface area contributed by atoms with Gasteiger partial charge in [-0.2, -0.15) is 0 Å². The molecule has 5 nitrogen and oxygen atoms in total.